The van der Waals surface area contributed by atoms with Crippen LogP contribution in [0.2, 0.25) is 0 Å². The molecule has 0 fully saturated rings. The van der Waals surface area contributed by atoms with Crippen molar-refractivity contribution in [2.75, 3.05) is 6.54 Å². The molecule has 0 saturated carbocycles. The third-order valence-corrected chi connectivity index (χ3v) is 5.61. The number of benzene rings is 2. The summed E-state index contributed by atoms with van der Waals surface area (Å²) in [6.07, 6.45) is 0.637. The van der Waals surface area contributed by atoms with E-state index in [9.17, 15) is 9.18 Å². The van der Waals surface area contributed by atoms with Crippen LogP contribution in [0.3, 0.4) is 0 Å². The number of amides is 1. The summed E-state index contributed by atoms with van der Waals surface area (Å²) in [5.74, 6) is 0.194. The normalized spacial score (nSPS) is 13.3. The van der Waals surface area contributed by atoms with Gasteiger partial charge >= 0.3 is 0 Å². The fraction of sp³-hybridized carbons (Fsp3) is 0.217. The number of carbonyl (C=O) groups is 1. The first-order chi connectivity index (χ1) is 15.0. The highest BCUT2D eigenvalue weighted by atomic mass is 19.1. The van der Waals surface area contributed by atoms with Gasteiger partial charge in [0.15, 0.2) is 5.69 Å². The summed E-state index contributed by atoms with van der Waals surface area (Å²) in [5.41, 5.74) is 4.16. The average molecular weight is 417 g/mol. The second-order valence-corrected chi connectivity index (χ2v) is 7.63. The van der Waals surface area contributed by atoms with E-state index in [1.165, 1.54) is 6.07 Å². The lowest BCUT2D eigenvalue weighted by Crippen LogP contribution is -2.36. The summed E-state index contributed by atoms with van der Waals surface area (Å²) in [6, 6.07) is 14.1. The maximum Gasteiger partial charge on any atom is 0.279 e. The third-order valence-electron chi connectivity index (χ3n) is 5.61. The smallest absolute Gasteiger partial charge is 0.279 e. The molecule has 0 spiro atoms. The molecule has 2 aromatic heterocycles. The SMILES string of the molecule is Cc1ccc(C(=O)N2CCc3c(c(-c4nc(-c5ccccc5)no4)nn3C)C2)cc1F. The van der Waals surface area contributed by atoms with Crippen LogP contribution in [0, 0.1) is 12.7 Å². The number of carbonyl (C=O) groups excluding carboxylic acids is 1. The van der Waals surface area contributed by atoms with Gasteiger partial charge in [-0.25, -0.2) is 4.39 Å². The van der Waals surface area contributed by atoms with Crippen molar-refractivity contribution in [1.82, 2.24) is 24.8 Å². The highest BCUT2D eigenvalue weighted by Crippen LogP contribution is 2.30. The predicted octanol–water partition coefficient (Wildman–Crippen LogP) is 3.78. The summed E-state index contributed by atoms with van der Waals surface area (Å²) in [6.45, 7) is 2.54. The summed E-state index contributed by atoms with van der Waals surface area (Å²) < 4.78 is 21.3. The van der Waals surface area contributed by atoms with Gasteiger partial charge in [0.25, 0.3) is 11.8 Å². The van der Waals surface area contributed by atoms with Crippen LogP contribution in [0.25, 0.3) is 23.0 Å². The van der Waals surface area contributed by atoms with Crippen molar-refractivity contribution in [1.29, 1.82) is 0 Å². The molecule has 156 valence electrons. The lowest BCUT2D eigenvalue weighted by atomic mass is 10.0. The largest absolute Gasteiger partial charge is 0.334 e. The number of aryl methyl sites for hydroxylation is 2. The minimum absolute atomic E-state index is 0.213. The zero-order chi connectivity index (χ0) is 21.5. The minimum Gasteiger partial charge on any atom is -0.334 e. The quantitative estimate of drug-likeness (QED) is 0.507. The first-order valence-corrected chi connectivity index (χ1v) is 10.0. The Hall–Kier alpha value is -3.81. The van der Waals surface area contributed by atoms with E-state index < -0.39 is 0 Å². The molecule has 0 radical (unpaired) electrons. The van der Waals surface area contributed by atoms with Crippen LogP contribution in [-0.4, -0.2) is 37.3 Å². The van der Waals surface area contributed by atoms with E-state index in [0.29, 0.717) is 48.0 Å². The van der Waals surface area contributed by atoms with E-state index >= 15 is 0 Å². The van der Waals surface area contributed by atoms with Crippen LogP contribution in [0.5, 0.6) is 0 Å². The Bertz CT molecular complexity index is 1280. The molecule has 0 unspecified atom stereocenters. The lowest BCUT2D eigenvalue weighted by Gasteiger charge is -2.27. The van der Waals surface area contributed by atoms with Gasteiger partial charge in [-0.3, -0.25) is 9.48 Å². The van der Waals surface area contributed by atoms with Gasteiger partial charge in [0.1, 0.15) is 5.82 Å². The van der Waals surface area contributed by atoms with Gasteiger partial charge in [-0.2, -0.15) is 10.1 Å². The standard InChI is InChI=1S/C23H20FN5O2/c1-14-8-9-16(12-18(14)24)23(30)29-11-10-19-17(13-29)20(26-28(19)2)22-25-21(27-31-22)15-6-4-3-5-7-15/h3-9,12H,10-11,13H2,1-2H3. The first kappa shape index (κ1) is 19.2. The van der Waals surface area contributed by atoms with Gasteiger partial charge < -0.3 is 9.42 Å². The first-order valence-electron chi connectivity index (χ1n) is 10.0. The molecule has 0 aliphatic carbocycles. The molecule has 4 aromatic rings. The van der Waals surface area contributed by atoms with E-state index in [1.807, 2.05) is 37.4 Å². The molecule has 0 saturated heterocycles. The van der Waals surface area contributed by atoms with Gasteiger partial charge in [0.2, 0.25) is 5.82 Å². The number of aromatic nitrogens is 4. The Balaban J connectivity index is 1.46. The van der Waals surface area contributed by atoms with Crippen LogP contribution in [0.15, 0.2) is 53.1 Å². The maximum absolute atomic E-state index is 14.0. The van der Waals surface area contributed by atoms with Crippen LogP contribution < -0.4 is 0 Å². The van der Waals surface area contributed by atoms with E-state index in [0.717, 1.165) is 16.8 Å². The van der Waals surface area contributed by atoms with Gasteiger partial charge in [-0.15, -0.1) is 0 Å². The third kappa shape index (κ3) is 3.39. The summed E-state index contributed by atoms with van der Waals surface area (Å²) in [4.78, 5) is 19.2. The predicted molar refractivity (Wildman–Crippen MR) is 112 cm³/mol. The van der Waals surface area contributed by atoms with Crippen molar-refractivity contribution < 1.29 is 13.7 Å². The fourth-order valence-electron chi connectivity index (χ4n) is 3.87. The molecular formula is C23H20FN5O2. The molecule has 5 rings (SSSR count). The molecule has 0 atom stereocenters. The van der Waals surface area contributed by atoms with E-state index in [-0.39, 0.29) is 11.7 Å². The number of fused-ring (bicyclic) bond motifs is 1. The average Bonchev–Trinajstić information content (AvgIpc) is 3.40. The van der Waals surface area contributed by atoms with Gasteiger partial charge in [0, 0.05) is 42.4 Å². The fourth-order valence-corrected chi connectivity index (χ4v) is 3.87. The zero-order valence-electron chi connectivity index (χ0n) is 17.2. The van der Waals surface area contributed by atoms with Crippen molar-refractivity contribution in [3.8, 4) is 23.0 Å². The second-order valence-electron chi connectivity index (χ2n) is 7.63. The van der Waals surface area contributed by atoms with E-state index in [4.69, 9.17) is 4.52 Å². The Kier molecular flexibility index (Phi) is 4.62. The molecular weight excluding hydrogens is 397 g/mol. The van der Waals surface area contributed by atoms with Gasteiger partial charge in [-0.1, -0.05) is 41.6 Å². The van der Waals surface area contributed by atoms with Crippen LogP contribution in [0.4, 0.5) is 4.39 Å². The number of hydrogen-bond acceptors (Lipinski definition) is 5. The molecule has 3 heterocycles. The second kappa shape index (κ2) is 7.46. The summed E-state index contributed by atoms with van der Waals surface area (Å²) in [7, 11) is 1.86. The molecule has 0 bridgehead atoms. The summed E-state index contributed by atoms with van der Waals surface area (Å²) in [5, 5.41) is 8.67. The lowest BCUT2D eigenvalue weighted by molar-refractivity contribution is 0.0733. The van der Waals surface area contributed by atoms with Crippen LogP contribution in [0.1, 0.15) is 27.2 Å². The van der Waals surface area contributed by atoms with Gasteiger partial charge in [0.05, 0.1) is 6.54 Å². The molecule has 2 aromatic carbocycles. The Morgan fingerprint density at radius 2 is 1.97 bits per heavy atom. The van der Waals surface area contributed by atoms with Crippen molar-refractivity contribution in [3.63, 3.8) is 0 Å². The molecule has 1 aliphatic rings. The molecule has 1 aliphatic heterocycles. The number of rotatable bonds is 3. The van der Waals surface area contributed by atoms with Crippen LogP contribution >= 0.6 is 0 Å². The van der Waals surface area contributed by atoms with E-state index in [1.54, 1.807) is 28.6 Å². The molecule has 8 heteroatoms. The molecule has 1 amide bonds. The van der Waals surface area contributed by atoms with Crippen molar-refractivity contribution >= 4 is 5.91 Å². The van der Waals surface area contributed by atoms with Gasteiger partial charge in [-0.05, 0) is 24.6 Å². The Morgan fingerprint density at radius 3 is 2.74 bits per heavy atom. The summed E-state index contributed by atoms with van der Waals surface area (Å²) >= 11 is 0. The molecule has 0 N–H and O–H groups in total. The Morgan fingerprint density at radius 1 is 1.16 bits per heavy atom. The maximum atomic E-state index is 14.0. The van der Waals surface area contributed by atoms with Crippen molar-refractivity contribution in [2.24, 2.45) is 7.05 Å². The van der Waals surface area contributed by atoms with Crippen molar-refractivity contribution in [3.05, 3.63) is 76.7 Å². The van der Waals surface area contributed by atoms with E-state index in [2.05, 4.69) is 15.2 Å². The minimum atomic E-state index is -0.384. The van der Waals surface area contributed by atoms with Crippen molar-refractivity contribution in [2.45, 2.75) is 19.9 Å². The number of hydrogen-bond donors (Lipinski definition) is 0. The monoisotopic (exact) mass is 417 g/mol. The molecule has 31 heavy (non-hydrogen) atoms. The van der Waals surface area contributed by atoms with Crippen LogP contribution in [-0.2, 0) is 20.0 Å². The zero-order valence-corrected chi connectivity index (χ0v) is 17.2. The highest BCUT2D eigenvalue weighted by Gasteiger charge is 2.30. The number of nitrogens with zero attached hydrogens (tertiary/aromatic N) is 5. The Labute approximate surface area is 178 Å². The molecule has 7 nitrogen and oxygen atoms in total. The highest BCUT2D eigenvalue weighted by molar-refractivity contribution is 5.94. The number of halogens is 1. The topological polar surface area (TPSA) is 77.1 Å².